The van der Waals surface area contributed by atoms with Crippen molar-refractivity contribution in [2.75, 3.05) is 13.7 Å². The molecule has 46 heavy (non-hydrogen) atoms. The third-order valence-electron chi connectivity index (χ3n) is 10.9. The second-order valence-electron chi connectivity index (χ2n) is 13.7. The number of aromatic hydroxyl groups is 1. The monoisotopic (exact) mass is 621 g/mol. The van der Waals surface area contributed by atoms with E-state index in [2.05, 4.69) is 36.5 Å². The van der Waals surface area contributed by atoms with E-state index in [1.54, 1.807) is 6.07 Å². The van der Waals surface area contributed by atoms with E-state index in [9.17, 15) is 19.8 Å². The minimum atomic E-state index is -0.772. The third-order valence-corrected chi connectivity index (χ3v) is 10.9. The molecule has 2 bridgehead atoms. The number of allylic oxidation sites excluding steroid dienone is 5. The number of carbonyl (C=O) groups excluding carboxylic acids is 2. The van der Waals surface area contributed by atoms with Gasteiger partial charge in [0.25, 0.3) is 0 Å². The first kappa shape index (κ1) is 30.7. The summed E-state index contributed by atoms with van der Waals surface area (Å²) in [5.74, 6) is 0.747. The molecule has 0 radical (unpaired) electrons. The molecule has 8 rings (SSSR count). The summed E-state index contributed by atoms with van der Waals surface area (Å²) in [6.07, 6.45) is 9.48. The van der Waals surface area contributed by atoms with Crippen LogP contribution in [0.3, 0.4) is 0 Å². The third kappa shape index (κ3) is 4.70. The predicted octanol–water partition coefficient (Wildman–Crippen LogP) is 6.97. The van der Waals surface area contributed by atoms with Crippen LogP contribution in [0.2, 0.25) is 0 Å². The van der Waals surface area contributed by atoms with Gasteiger partial charge in [-0.1, -0.05) is 44.5 Å². The second-order valence-corrected chi connectivity index (χ2v) is 13.7. The molecular weight excluding hydrogens is 578 g/mol. The van der Waals surface area contributed by atoms with Crippen LogP contribution in [0.25, 0.3) is 16.7 Å². The minimum absolute atomic E-state index is 0.0188. The summed E-state index contributed by atoms with van der Waals surface area (Å²) >= 11 is 0. The number of phenols is 1. The molecule has 7 nitrogen and oxygen atoms in total. The smallest absolute Gasteiger partial charge is 0.340 e. The fourth-order valence-corrected chi connectivity index (χ4v) is 8.97. The molecule has 2 aromatic carbocycles. The van der Waals surface area contributed by atoms with E-state index in [-0.39, 0.29) is 48.0 Å². The topological polar surface area (TPSA) is 105 Å². The second kappa shape index (κ2) is 12.0. The fraction of sp³-hybridized carbons (Fsp3) is 0.436. The van der Waals surface area contributed by atoms with Gasteiger partial charge in [0.15, 0.2) is 0 Å². The first-order valence-corrected chi connectivity index (χ1v) is 16.8. The number of hydrogen-bond acceptors (Lipinski definition) is 7. The molecular formula is C39H43NO6. The van der Waals surface area contributed by atoms with Crippen molar-refractivity contribution in [1.29, 1.82) is 0 Å². The average Bonchev–Trinajstić information content (AvgIpc) is 3.55. The van der Waals surface area contributed by atoms with E-state index in [0.29, 0.717) is 29.1 Å². The molecule has 1 saturated carbocycles. The molecule has 1 saturated heterocycles. The van der Waals surface area contributed by atoms with Crippen molar-refractivity contribution in [3.05, 3.63) is 94.0 Å². The number of esters is 2. The van der Waals surface area contributed by atoms with Crippen LogP contribution >= 0.6 is 0 Å². The maximum absolute atomic E-state index is 14.2. The molecule has 2 aliphatic heterocycles. The highest BCUT2D eigenvalue weighted by Gasteiger charge is 2.68. The van der Waals surface area contributed by atoms with E-state index in [0.717, 1.165) is 78.5 Å². The Morgan fingerprint density at radius 3 is 2.67 bits per heavy atom. The summed E-state index contributed by atoms with van der Waals surface area (Å²) in [5.41, 5.74) is 6.50. The van der Waals surface area contributed by atoms with Crippen molar-refractivity contribution in [2.45, 2.75) is 65.3 Å². The molecule has 6 aliphatic rings. The quantitative estimate of drug-likeness (QED) is 0.260. The van der Waals surface area contributed by atoms with E-state index >= 15 is 0 Å². The number of cyclic esters (lactones) is 2. The van der Waals surface area contributed by atoms with E-state index < -0.39 is 5.41 Å². The van der Waals surface area contributed by atoms with Crippen molar-refractivity contribution in [3.8, 4) is 16.9 Å². The van der Waals surface area contributed by atoms with Crippen LogP contribution in [0.5, 0.6) is 5.75 Å². The molecule has 0 unspecified atom stereocenters. The van der Waals surface area contributed by atoms with Gasteiger partial charge in [-0.15, -0.1) is 0 Å². The molecule has 0 aromatic heterocycles. The molecule has 2 heterocycles. The highest BCUT2D eigenvalue weighted by Crippen LogP contribution is 2.72. The first-order chi connectivity index (χ1) is 22.3. The van der Waals surface area contributed by atoms with E-state index in [1.807, 2.05) is 38.2 Å². The van der Waals surface area contributed by atoms with Gasteiger partial charge in [0.1, 0.15) is 17.3 Å². The number of fused-ring (bicyclic) bond motifs is 1. The number of phenolic OH excluding ortho intramolecular Hbond substituents is 1. The number of unbranched alkanes of at least 4 members (excludes halogenated alkanes) is 1. The molecule has 7 heteroatoms. The molecule has 1 spiro atoms. The molecule has 4 aliphatic carbocycles. The zero-order chi connectivity index (χ0) is 32.2. The highest BCUT2D eigenvalue weighted by atomic mass is 16.5. The van der Waals surface area contributed by atoms with Crippen molar-refractivity contribution in [3.63, 3.8) is 0 Å². The molecule has 3 N–H and O–H groups in total. The Morgan fingerprint density at radius 2 is 1.89 bits per heavy atom. The van der Waals surface area contributed by atoms with Crippen LogP contribution in [0, 0.1) is 29.1 Å². The van der Waals surface area contributed by atoms with Crippen LogP contribution in [-0.2, 0) is 25.6 Å². The fourth-order valence-electron chi connectivity index (χ4n) is 8.97. The standard InChI is InChI=1S/C39H43NO6/c1-4-5-9-32-39-17-16-27(28-13-14-29-31(15-10-22(2)21-41)45-37(43)34(29)35(28)39)33(36(39)38(44)46-32)30-19-25(42)11-12-26(30)24-8-6-7-23(18-24)20-40-3/h6-9,11-12,15,18-19,22,27-28,35,40-42H,4-5,10,13-14,16-17,20-21H2,1-3H3/b31-15?,32-9-/t22-,27+,28-,35+,39+/m0/s1. The highest BCUT2D eigenvalue weighted by molar-refractivity contribution is 6.07. The largest absolute Gasteiger partial charge is 0.508 e. The Morgan fingerprint density at radius 1 is 1.04 bits per heavy atom. The van der Waals surface area contributed by atoms with Crippen LogP contribution in [0.4, 0.5) is 0 Å². The normalized spacial score (nSPS) is 28.8. The van der Waals surface area contributed by atoms with Gasteiger partial charge in [0, 0.05) is 30.2 Å². The Labute approximate surface area is 270 Å². The number of aliphatic hydroxyl groups excluding tert-OH is 1. The number of aliphatic hydroxyl groups is 1. The van der Waals surface area contributed by atoms with Gasteiger partial charge >= 0.3 is 11.9 Å². The summed E-state index contributed by atoms with van der Waals surface area (Å²) in [6.45, 7) is 4.87. The van der Waals surface area contributed by atoms with Crippen molar-refractivity contribution in [1.82, 2.24) is 5.32 Å². The summed E-state index contributed by atoms with van der Waals surface area (Å²) < 4.78 is 12.2. The molecule has 5 atom stereocenters. The van der Waals surface area contributed by atoms with Crippen molar-refractivity contribution < 1.29 is 29.3 Å². The maximum atomic E-state index is 14.2. The Hall–Kier alpha value is -3.94. The van der Waals surface area contributed by atoms with Gasteiger partial charge in [0.05, 0.1) is 11.0 Å². The number of rotatable bonds is 9. The SMILES string of the molecule is CCC/C=C1\OC(=O)C2=C(c3cc(O)ccc3-c3cccc(CNC)c3)[C@@H]3CC[C@@]21[C@H]1C2=C(CC[C@@H]31)C(=CC[C@H](C)CO)OC2=O. The Balaban J connectivity index is 1.45. The zero-order valence-electron chi connectivity index (χ0n) is 26.9. The summed E-state index contributed by atoms with van der Waals surface area (Å²) in [7, 11) is 1.93. The lowest BCUT2D eigenvalue weighted by atomic mass is 9.44. The van der Waals surface area contributed by atoms with E-state index in [1.165, 1.54) is 0 Å². The van der Waals surface area contributed by atoms with Crippen LogP contribution in [0.1, 0.15) is 69.9 Å². The lowest BCUT2D eigenvalue weighted by Crippen LogP contribution is -2.52. The number of benzene rings is 2. The number of hydrogen-bond donors (Lipinski definition) is 3. The summed E-state index contributed by atoms with van der Waals surface area (Å²) in [4.78, 5) is 28.0. The summed E-state index contributed by atoms with van der Waals surface area (Å²) in [5, 5.41) is 23.7. The lowest BCUT2D eigenvalue weighted by molar-refractivity contribution is -0.135. The number of nitrogens with one attached hydrogen (secondary N) is 1. The minimum Gasteiger partial charge on any atom is -0.508 e. The van der Waals surface area contributed by atoms with E-state index in [4.69, 9.17) is 9.47 Å². The Bertz CT molecular complexity index is 1730. The van der Waals surface area contributed by atoms with Gasteiger partial charge in [-0.3, -0.25) is 0 Å². The van der Waals surface area contributed by atoms with Gasteiger partial charge in [-0.25, -0.2) is 9.59 Å². The van der Waals surface area contributed by atoms with Crippen molar-refractivity contribution in [2.24, 2.45) is 29.1 Å². The van der Waals surface area contributed by atoms with Gasteiger partial charge in [-0.05, 0) is 122 Å². The zero-order valence-corrected chi connectivity index (χ0v) is 26.9. The summed E-state index contributed by atoms with van der Waals surface area (Å²) in [6, 6.07) is 13.9. The molecule has 240 valence electrons. The van der Waals surface area contributed by atoms with Crippen LogP contribution in [-0.4, -0.2) is 35.8 Å². The maximum Gasteiger partial charge on any atom is 0.340 e. The van der Waals surface area contributed by atoms with Crippen LogP contribution in [0.15, 0.2) is 82.9 Å². The van der Waals surface area contributed by atoms with Gasteiger partial charge < -0.3 is 25.0 Å². The first-order valence-electron chi connectivity index (χ1n) is 16.8. The van der Waals surface area contributed by atoms with Crippen molar-refractivity contribution >= 4 is 17.5 Å². The lowest BCUT2D eigenvalue weighted by Gasteiger charge is -2.56. The van der Waals surface area contributed by atoms with Crippen LogP contribution < -0.4 is 5.32 Å². The molecule has 2 fully saturated rings. The van der Waals surface area contributed by atoms with Gasteiger partial charge in [0.2, 0.25) is 0 Å². The average molecular weight is 622 g/mol. The number of carbonyl (C=O) groups is 2. The van der Waals surface area contributed by atoms with Gasteiger partial charge in [-0.2, -0.15) is 0 Å². The predicted molar refractivity (Wildman–Crippen MR) is 176 cm³/mol. The Kier molecular flexibility index (Phi) is 8.02. The number of ether oxygens (including phenoxy) is 2. The molecule has 2 aromatic rings. The molecule has 0 amide bonds.